The summed E-state index contributed by atoms with van der Waals surface area (Å²) in [5.74, 6) is 0.815. The summed E-state index contributed by atoms with van der Waals surface area (Å²) in [5, 5.41) is 16.9. The number of aliphatic hydroxyl groups excluding tert-OH is 1. The third-order valence-corrected chi connectivity index (χ3v) is 4.19. The monoisotopic (exact) mass is 348 g/mol. The Hall–Kier alpha value is -1.59. The van der Waals surface area contributed by atoms with Crippen molar-refractivity contribution in [1.82, 2.24) is 15.5 Å². The quantitative estimate of drug-likeness (QED) is 0.449. The van der Waals surface area contributed by atoms with E-state index in [-0.39, 0.29) is 0 Å². The number of nitrogens with one attached hydrogen (secondary N) is 2. The summed E-state index contributed by atoms with van der Waals surface area (Å²) in [6, 6.07) is 10.8. The van der Waals surface area contributed by atoms with E-state index in [9.17, 15) is 5.11 Å². The van der Waals surface area contributed by atoms with Crippen LogP contribution in [0.1, 0.15) is 52.7 Å². The standard InChI is InChI=1S/C20H36N4O/c1-6-21-20(23-14-15-24(16(2)3)17(4)5)22-13-12-19(25)18-10-8-7-9-11-18/h7-11,16-17,19,25H,6,12-15H2,1-5H3,(H2,21,22,23). The van der Waals surface area contributed by atoms with Gasteiger partial charge in [-0.05, 0) is 46.6 Å². The molecule has 0 spiro atoms. The Labute approximate surface area is 153 Å². The molecule has 0 aliphatic carbocycles. The fourth-order valence-corrected chi connectivity index (χ4v) is 2.90. The number of guanidine groups is 1. The second-order valence-electron chi connectivity index (χ2n) is 6.83. The van der Waals surface area contributed by atoms with Crippen molar-refractivity contribution in [3.8, 4) is 0 Å². The lowest BCUT2D eigenvalue weighted by atomic mass is 10.1. The molecule has 1 aromatic carbocycles. The van der Waals surface area contributed by atoms with Crippen LogP contribution in [0, 0.1) is 0 Å². The number of aliphatic imine (C=N–C) groups is 1. The molecule has 0 aromatic heterocycles. The van der Waals surface area contributed by atoms with E-state index >= 15 is 0 Å². The maximum absolute atomic E-state index is 10.2. The smallest absolute Gasteiger partial charge is 0.191 e. The van der Waals surface area contributed by atoms with Crippen molar-refractivity contribution < 1.29 is 5.11 Å². The predicted octanol–water partition coefficient (Wildman–Crippen LogP) is 2.78. The molecule has 0 saturated carbocycles. The zero-order valence-electron chi connectivity index (χ0n) is 16.5. The molecule has 0 fully saturated rings. The lowest BCUT2D eigenvalue weighted by molar-refractivity contribution is 0.170. The fourth-order valence-electron chi connectivity index (χ4n) is 2.90. The van der Waals surface area contributed by atoms with E-state index in [0.717, 1.165) is 31.2 Å². The highest BCUT2D eigenvalue weighted by atomic mass is 16.3. The van der Waals surface area contributed by atoms with Crippen molar-refractivity contribution >= 4 is 5.96 Å². The van der Waals surface area contributed by atoms with E-state index < -0.39 is 6.10 Å². The Kier molecular flexibility index (Phi) is 10.2. The average molecular weight is 349 g/mol. The predicted molar refractivity (Wildman–Crippen MR) is 107 cm³/mol. The summed E-state index contributed by atoms with van der Waals surface area (Å²) < 4.78 is 0. The molecule has 0 aliphatic heterocycles. The second kappa shape index (κ2) is 11.9. The van der Waals surface area contributed by atoms with Crippen LogP contribution in [0.2, 0.25) is 0 Å². The van der Waals surface area contributed by atoms with Gasteiger partial charge in [0.15, 0.2) is 5.96 Å². The average Bonchev–Trinajstić information content (AvgIpc) is 2.58. The van der Waals surface area contributed by atoms with Gasteiger partial charge in [-0.15, -0.1) is 0 Å². The van der Waals surface area contributed by atoms with Gasteiger partial charge in [0, 0.05) is 38.3 Å². The molecule has 142 valence electrons. The number of hydrogen-bond donors (Lipinski definition) is 3. The molecule has 0 radical (unpaired) electrons. The van der Waals surface area contributed by atoms with Crippen molar-refractivity contribution in [1.29, 1.82) is 0 Å². The first-order chi connectivity index (χ1) is 12.0. The summed E-state index contributed by atoms with van der Waals surface area (Å²) in [6.45, 7) is 14.2. The normalized spacial score (nSPS) is 13.6. The van der Waals surface area contributed by atoms with Crippen LogP contribution in [-0.2, 0) is 0 Å². The van der Waals surface area contributed by atoms with E-state index in [1.807, 2.05) is 30.3 Å². The minimum absolute atomic E-state index is 0.467. The zero-order chi connectivity index (χ0) is 18.7. The third-order valence-electron chi connectivity index (χ3n) is 4.19. The number of rotatable bonds is 10. The first-order valence-corrected chi connectivity index (χ1v) is 9.46. The Morgan fingerprint density at radius 2 is 1.72 bits per heavy atom. The summed E-state index contributed by atoms with van der Waals surface area (Å²) in [5.41, 5.74) is 0.945. The van der Waals surface area contributed by atoms with Gasteiger partial charge < -0.3 is 15.7 Å². The fraction of sp³-hybridized carbons (Fsp3) is 0.650. The largest absolute Gasteiger partial charge is 0.388 e. The van der Waals surface area contributed by atoms with E-state index in [1.54, 1.807) is 0 Å². The number of hydrogen-bond acceptors (Lipinski definition) is 3. The molecule has 1 aromatic rings. The molecular formula is C20H36N4O. The molecule has 3 N–H and O–H groups in total. The van der Waals surface area contributed by atoms with E-state index in [0.29, 0.717) is 25.0 Å². The van der Waals surface area contributed by atoms with Crippen molar-refractivity contribution in [2.45, 2.75) is 59.2 Å². The minimum atomic E-state index is -0.467. The van der Waals surface area contributed by atoms with Crippen LogP contribution in [0.15, 0.2) is 35.3 Å². The van der Waals surface area contributed by atoms with Crippen LogP contribution in [0.25, 0.3) is 0 Å². The van der Waals surface area contributed by atoms with Crippen molar-refractivity contribution in [2.24, 2.45) is 4.99 Å². The van der Waals surface area contributed by atoms with Crippen LogP contribution >= 0.6 is 0 Å². The van der Waals surface area contributed by atoms with Gasteiger partial charge >= 0.3 is 0 Å². The number of aliphatic hydroxyl groups is 1. The zero-order valence-corrected chi connectivity index (χ0v) is 16.5. The number of benzene rings is 1. The summed E-state index contributed by atoms with van der Waals surface area (Å²) in [7, 11) is 0. The van der Waals surface area contributed by atoms with Gasteiger partial charge in [0.05, 0.1) is 6.10 Å². The first-order valence-electron chi connectivity index (χ1n) is 9.46. The topological polar surface area (TPSA) is 59.9 Å². The molecule has 25 heavy (non-hydrogen) atoms. The van der Waals surface area contributed by atoms with Gasteiger partial charge in [0.1, 0.15) is 0 Å². The molecule has 1 rings (SSSR count). The molecule has 5 heteroatoms. The Morgan fingerprint density at radius 1 is 1.08 bits per heavy atom. The highest BCUT2D eigenvalue weighted by Gasteiger charge is 2.12. The van der Waals surface area contributed by atoms with Crippen LogP contribution in [0.4, 0.5) is 0 Å². The second-order valence-corrected chi connectivity index (χ2v) is 6.83. The summed E-state index contributed by atoms with van der Waals surface area (Å²) in [4.78, 5) is 7.04. The van der Waals surface area contributed by atoms with Gasteiger partial charge in [-0.2, -0.15) is 0 Å². The van der Waals surface area contributed by atoms with Crippen molar-refractivity contribution in [3.63, 3.8) is 0 Å². The third kappa shape index (κ3) is 8.36. The Bertz CT molecular complexity index is 480. The van der Waals surface area contributed by atoms with Crippen LogP contribution < -0.4 is 10.6 Å². The summed E-state index contributed by atoms with van der Waals surface area (Å²) >= 11 is 0. The highest BCUT2D eigenvalue weighted by Crippen LogP contribution is 2.15. The van der Waals surface area contributed by atoms with Gasteiger partial charge in [0.2, 0.25) is 0 Å². The molecule has 1 atom stereocenters. The maximum Gasteiger partial charge on any atom is 0.191 e. The Morgan fingerprint density at radius 3 is 2.28 bits per heavy atom. The molecule has 5 nitrogen and oxygen atoms in total. The lowest BCUT2D eigenvalue weighted by Crippen LogP contribution is -2.45. The van der Waals surface area contributed by atoms with Gasteiger partial charge in [-0.3, -0.25) is 9.89 Å². The first kappa shape index (κ1) is 21.5. The molecule has 0 saturated heterocycles. The maximum atomic E-state index is 10.2. The van der Waals surface area contributed by atoms with E-state index in [1.165, 1.54) is 0 Å². The van der Waals surface area contributed by atoms with Crippen molar-refractivity contribution in [2.75, 3.05) is 26.2 Å². The van der Waals surface area contributed by atoms with E-state index in [2.05, 4.69) is 55.1 Å². The molecular weight excluding hydrogens is 312 g/mol. The van der Waals surface area contributed by atoms with Crippen LogP contribution in [-0.4, -0.2) is 54.2 Å². The molecule has 0 heterocycles. The molecule has 1 unspecified atom stereocenters. The SMILES string of the molecule is CCNC(=NCCC(O)c1ccccc1)NCCN(C(C)C)C(C)C. The van der Waals surface area contributed by atoms with Crippen LogP contribution in [0.5, 0.6) is 0 Å². The molecule has 0 bridgehead atoms. The van der Waals surface area contributed by atoms with Crippen LogP contribution in [0.3, 0.4) is 0 Å². The Balaban J connectivity index is 2.45. The van der Waals surface area contributed by atoms with Crippen molar-refractivity contribution in [3.05, 3.63) is 35.9 Å². The highest BCUT2D eigenvalue weighted by molar-refractivity contribution is 5.79. The lowest BCUT2D eigenvalue weighted by Gasteiger charge is -2.30. The van der Waals surface area contributed by atoms with Gasteiger partial charge in [-0.25, -0.2) is 0 Å². The summed E-state index contributed by atoms with van der Waals surface area (Å²) in [6.07, 6.45) is 0.148. The van der Waals surface area contributed by atoms with Gasteiger partial charge in [0.25, 0.3) is 0 Å². The number of nitrogens with zero attached hydrogens (tertiary/aromatic N) is 2. The molecule has 0 aliphatic rings. The van der Waals surface area contributed by atoms with E-state index in [4.69, 9.17) is 0 Å². The van der Waals surface area contributed by atoms with Gasteiger partial charge in [-0.1, -0.05) is 30.3 Å². The molecule has 0 amide bonds. The minimum Gasteiger partial charge on any atom is -0.388 e.